The van der Waals surface area contributed by atoms with Gasteiger partial charge in [-0.15, -0.1) is 24.8 Å². The van der Waals surface area contributed by atoms with Crippen LogP contribution in [-0.2, 0) is 22.7 Å². The van der Waals surface area contributed by atoms with E-state index in [1.165, 1.54) is 17.3 Å². The van der Waals surface area contributed by atoms with Crippen molar-refractivity contribution in [2.75, 3.05) is 49.7 Å². The maximum absolute atomic E-state index is 13.1. The highest BCUT2D eigenvalue weighted by molar-refractivity contribution is 6.32. The smallest absolute Gasteiger partial charge is 0.325 e. The summed E-state index contributed by atoms with van der Waals surface area (Å²) in [7, 11) is 1.59. The maximum atomic E-state index is 13.1. The Balaban J connectivity index is 0.000000228. The number of carbonyl (C=O) groups is 2. The van der Waals surface area contributed by atoms with E-state index in [4.69, 9.17) is 32.9 Å². The summed E-state index contributed by atoms with van der Waals surface area (Å²) in [6.07, 6.45) is 9.16. The number of aromatic amines is 2. The van der Waals surface area contributed by atoms with Gasteiger partial charge in [-0.3, -0.25) is 9.59 Å². The molecule has 7 aromatic rings. The minimum Gasteiger partial charge on any atom is -0.495 e. The number of aliphatic carboxylic acids is 1. The summed E-state index contributed by atoms with van der Waals surface area (Å²) >= 11 is 6.14. The number of hydrogen-bond acceptors (Lipinski definition) is 14. The zero-order valence-corrected chi connectivity index (χ0v) is 30.7. The van der Waals surface area contributed by atoms with E-state index in [1.807, 2.05) is 23.1 Å². The highest BCUT2D eigenvalue weighted by atomic mass is 35.5. The van der Waals surface area contributed by atoms with Crippen LogP contribution in [0.25, 0.3) is 45.1 Å². The standard InChI is InChI=1S/C21H22ClN9O2.C10H9N7O2.2ClH/c1-33-15-10-13(2-3-14(15)22)29-6-8-30(9-7-29)16(32)11-31-21-17(19(23)26-12-27-21)18(28-31)20-24-4-5-25-20;11-8-6-7(9-12-1-2-13-9)16-17(3-5(18)19)10(6)15-4-14-8;;/h2-5,10,12H,6-9,11H2,1H3,(H,24,25)(H2,23,26,27);1-2,4H,3H2,(H,12,13)(H,18,19)(H2,11,14,15);2*1H. The van der Waals surface area contributed by atoms with Crippen molar-refractivity contribution in [2.24, 2.45) is 0 Å². The number of piperazine rings is 1. The van der Waals surface area contributed by atoms with Gasteiger partial charge in [0, 0.05) is 62.7 Å². The molecule has 23 heteroatoms. The molecule has 7 N–H and O–H groups in total. The molecule has 20 nitrogen and oxygen atoms in total. The van der Waals surface area contributed by atoms with E-state index in [1.54, 1.807) is 36.6 Å². The number of carboxylic acids is 1. The van der Waals surface area contributed by atoms with Gasteiger partial charge in [-0.2, -0.15) is 10.2 Å². The lowest BCUT2D eigenvalue weighted by molar-refractivity contribution is -0.137. The molecule has 1 fully saturated rings. The Morgan fingerprint density at radius 1 is 0.815 bits per heavy atom. The summed E-state index contributed by atoms with van der Waals surface area (Å²) in [4.78, 5) is 58.5. The Morgan fingerprint density at radius 2 is 1.35 bits per heavy atom. The third-order valence-electron chi connectivity index (χ3n) is 8.26. The number of methoxy groups -OCH3 is 1. The summed E-state index contributed by atoms with van der Waals surface area (Å²) < 4.78 is 8.13. The number of carbonyl (C=O) groups excluding carboxylic acids is 1. The van der Waals surface area contributed by atoms with E-state index in [-0.39, 0.29) is 55.4 Å². The van der Waals surface area contributed by atoms with Crippen LogP contribution in [0.2, 0.25) is 5.02 Å². The zero-order valence-electron chi connectivity index (χ0n) is 28.3. The number of halogens is 3. The number of ether oxygens (including phenoxy) is 1. The van der Waals surface area contributed by atoms with Crippen LogP contribution in [0.5, 0.6) is 5.75 Å². The molecule has 6 aromatic heterocycles. The van der Waals surface area contributed by atoms with Crippen LogP contribution in [0.1, 0.15) is 0 Å². The molecule has 1 amide bonds. The second-order valence-corrected chi connectivity index (χ2v) is 11.8. The van der Waals surface area contributed by atoms with Crippen LogP contribution in [0.3, 0.4) is 0 Å². The lowest BCUT2D eigenvalue weighted by Gasteiger charge is -2.36. The molecule has 1 aromatic carbocycles. The van der Waals surface area contributed by atoms with Gasteiger partial charge in [-0.05, 0) is 12.1 Å². The van der Waals surface area contributed by atoms with E-state index < -0.39 is 5.97 Å². The number of anilines is 3. The highest BCUT2D eigenvalue weighted by Gasteiger charge is 2.25. The molecular formula is C31H33Cl3N16O4. The normalized spacial score (nSPS) is 12.5. The quantitative estimate of drug-likeness (QED) is 0.148. The van der Waals surface area contributed by atoms with Crippen LogP contribution in [0, 0.1) is 0 Å². The topological polar surface area (TPSA) is 267 Å². The fourth-order valence-corrected chi connectivity index (χ4v) is 6.01. The van der Waals surface area contributed by atoms with Crippen molar-refractivity contribution in [1.82, 2.24) is 64.3 Å². The fraction of sp³-hybridized carbons (Fsp3) is 0.226. The van der Waals surface area contributed by atoms with Crippen molar-refractivity contribution < 1.29 is 19.4 Å². The van der Waals surface area contributed by atoms with Crippen molar-refractivity contribution in [3.63, 3.8) is 0 Å². The van der Waals surface area contributed by atoms with Gasteiger partial charge < -0.3 is 41.1 Å². The molecule has 7 heterocycles. The number of nitrogens with one attached hydrogen (secondary N) is 2. The molecule has 0 bridgehead atoms. The average Bonchev–Trinajstić information content (AvgIpc) is 3.97. The minimum atomic E-state index is -1.02. The van der Waals surface area contributed by atoms with Crippen molar-refractivity contribution in [3.05, 3.63) is 60.7 Å². The number of benzene rings is 1. The fourth-order valence-electron chi connectivity index (χ4n) is 5.82. The van der Waals surface area contributed by atoms with Crippen LogP contribution in [-0.4, -0.2) is 115 Å². The lowest BCUT2D eigenvalue weighted by Crippen LogP contribution is -2.49. The number of fused-ring (bicyclic) bond motifs is 2. The van der Waals surface area contributed by atoms with E-state index >= 15 is 0 Å². The molecule has 0 unspecified atom stereocenters. The van der Waals surface area contributed by atoms with Gasteiger partial charge in [0.2, 0.25) is 5.91 Å². The molecule has 0 aliphatic carbocycles. The first kappa shape index (κ1) is 39.0. The number of nitrogens with two attached hydrogens (primary N) is 2. The van der Waals surface area contributed by atoms with Gasteiger partial charge in [-0.1, -0.05) is 11.6 Å². The third kappa shape index (κ3) is 7.75. The number of imidazole rings is 2. The van der Waals surface area contributed by atoms with E-state index in [0.29, 0.717) is 82.1 Å². The van der Waals surface area contributed by atoms with Gasteiger partial charge in [0.1, 0.15) is 54.5 Å². The van der Waals surface area contributed by atoms with Crippen molar-refractivity contribution in [3.8, 4) is 28.8 Å². The zero-order chi connectivity index (χ0) is 36.4. The first-order valence-electron chi connectivity index (χ1n) is 15.7. The predicted octanol–water partition coefficient (Wildman–Crippen LogP) is 2.54. The van der Waals surface area contributed by atoms with Crippen LogP contribution >= 0.6 is 36.4 Å². The third-order valence-corrected chi connectivity index (χ3v) is 8.58. The van der Waals surface area contributed by atoms with Gasteiger partial charge in [-0.25, -0.2) is 39.3 Å². The van der Waals surface area contributed by atoms with Gasteiger partial charge in [0.25, 0.3) is 0 Å². The Kier molecular flexibility index (Phi) is 12.0. The number of nitrogen functional groups attached to an aromatic ring is 2. The molecule has 1 saturated heterocycles. The van der Waals surface area contributed by atoms with Gasteiger partial charge in [0.15, 0.2) is 22.9 Å². The summed E-state index contributed by atoms with van der Waals surface area (Å²) in [5.41, 5.74) is 14.7. The summed E-state index contributed by atoms with van der Waals surface area (Å²) in [5.74, 6) is 1.11. The van der Waals surface area contributed by atoms with Crippen molar-refractivity contribution in [2.45, 2.75) is 13.1 Å². The van der Waals surface area contributed by atoms with Crippen molar-refractivity contribution in [1.29, 1.82) is 0 Å². The Labute approximate surface area is 322 Å². The number of amides is 1. The average molecular weight is 800 g/mol. The molecule has 54 heavy (non-hydrogen) atoms. The van der Waals surface area contributed by atoms with Crippen LogP contribution in [0.15, 0.2) is 55.6 Å². The number of hydrogen-bond donors (Lipinski definition) is 5. The first-order chi connectivity index (χ1) is 25.2. The lowest BCUT2D eigenvalue weighted by atomic mass is 10.2. The SMILES string of the molecule is COc1cc(N2CCN(C(=O)Cn3nc(-c4ncc[nH]4)c4c(N)ncnc43)CC2)ccc1Cl.Cl.Cl.Nc1ncnc2c1c(-c1ncc[nH]1)nn2CC(=O)O. The Morgan fingerprint density at radius 3 is 1.83 bits per heavy atom. The van der Waals surface area contributed by atoms with Gasteiger partial charge in [0.05, 0.1) is 22.9 Å². The largest absolute Gasteiger partial charge is 0.495 e. The predicted molar refractivity (Wildman–Crippen MR) is 204 cm³/mol. The second-order valence-electron chi connectivity index (χ2n) is 11.4. The monoisotopic (exact) mass is 798 g/mol. The number of rotatable bonds is 8. The molecule has 0 atom stereocenters. The number of nitrogens with zero attached hydrogens (tertiary/aromatic N) is 12. The molecule has 1 aliphatic rings. The molecule has 0 saturated carbocycles. The van der Waals surface area contributed by atoms with E-state index in [2.05, 4.69) is 55.0 Å². The first-order valence-corrected chi connectivity index (χ1v) is 16.1. The molecule has 8 rings (SSSR count). The highest BCUT2D eigenvalue weighted by Crippen LogP contribution is 2.31. The number of H-pyrrole nitrogens is 2. The summed E-state index contributed by atoms with van der Waals surface area (Å²) in [5, 5.41) is 19.3. The summed E-state index contributed by atoms with van der Waals surface area (Å²) in [6.45, 7) is 2.30. The molecule has 0 spiro atoms. The van der Waals surface area contributed by atoms with Crippen molar-refractivity contribution >= 4 is 87.7 Å². The molecule has 0 radical (unpaired) electrons. The molecular weight excluding hydrogens is 767 g/mol. The van der Waals surface area contributed by atoms with E-state index in [0.717, 1.165) is 5.69 Å². The summed E-state index contributed by atoms with van der Waals surface area (Å²) in [6, 6.07) is 5.69. The number of carboxylic acid groups (broad SMARTS) is 1. The Bertz CT molecular complexity index is 2380. The Hall–Kier alpha value is -6.25. The van der Waals surface area contributed by atoms with Crippen LogP contribution in [0.4, 0.5) is 17.3 Å². The van der Waals surface area contributed by atoms with Gasteiger partial charge >= 0.3 is 5.97 Å². The molecule has 1 aliphatic heterocycles. The number of aromatic nitrogens is 12. The van der Waals surface area contributed by atoms with Crippen LogP contribution < -0.4 is 21.1 Å². The maximum Gasteiger partial charge on any atom is 0.325 e. The second kappa shape index (κ2) is 16.6. The van der Waals surface area contributed by atoms with E-state index in [9.17, 15) is 9.59 Å². The molecule has 282 valence electrons. The minimum absolute atomic E-state index is 0.